The van der Waals surface area contributed by atoms with Gasteiger partial charge in [0.25, 0.3) is 0 Å². The van der Waals surface area contributed by atoms with Crippen molar-refractivity contribution in [1.29, 1.82) is 0 Å². The molecule has 3 rings (SSSR count). The highest BCUT2D eigenvalue weighted by Crippen LogP contribution is 2.36. The molecule has 5 heteroatoms. The minimum atomic E-state index is -0.264. The van der Waals surface area contributed by atoms with Gasteiger partial charge in [0, 0.05) is 16.8 Å². The Hall–Kier alpha value is -1.71. The molecule has 0 saturated carbocycles. The van der Waals surface area contributed by atoms with Gasteiger partial charge in [-0.25, -0.2) is 0 Å². The first-order valence-corrected chi connectivity index (χ1v) is 7.30. The first-order chi connectivity index (χ1) is 10.1. The van der Waals surface area contributed by atoms with Gasteiger partial charge in [-0.05, 0) is 24.6 Å². The first-order valence-electron chi connectivity index (χ1n) is 6.55. The van der Waals surface area contributed by atoms with Crippen molar-refractivity contribution < 1.29 is 13.9 Å². The molecule has 0 bridgehead atoms. The van der Waals surface area contributed by atoms with Crippen LogP contribution < -0.4 is 0 Å². The fraction of sp³-hybridized carbons (Fsp3) is 0.188. The van der Waals surface area contributed by atoms with E-state index < -0.39 is 0 Å². The van der Waals surface area contributed by atoms with Crippen molar-refractivity contribution in [3.8, 4) is 0 Å². The summed E-state index contributed by atoms with van der Waals surface area (Å²) < 4.78 is 10.8. The number of furan rings is 1. The van der Waals surface area contributed by atoms with E-state index in [0.29, 0.717) is 27.8 Å². The summed E-state index contributed by atoms with van der Waals surface area (Å²) in [7, 11) is 0. The minimum Gasteiger partial charge on any atom is -0.466 e. The number of carbonyl (C=O) groups excluding carboxylic acids is 1. The van der Waals surface area contributed by atoms with E-state index in [4.69, 9.17) is 32.4 Å². The van der Waals surface area contributed by atoms with Gasteiger partial charge < -0.3 is 9.15 Å². The predicted molar refractivity (Wildman–Crippen MR) is 84.1 cm³/mol. The fourth-order valence-electron chi connectivity index (χ4n) is 2.41. The fourth-order valence-corrected chi connectivity index (χ4v) is 2.73. The van der Waals surface area contributed by atoms with Crippen molar-refractivity contribution in [2.24, 2.45) is 0 Å². The number of fused-ring (bicyclic) bond motifs is 3. The topological polar surface area (TPSA) is 39.4 Å². The Morgan fingerprint density at radius 3 is 2.71 bits per heavy atom. The monoisotopic (exact) mass is 322 g/mol. The summed E-state index contributed by atoms with van der Waals surface area (Å²) in [5.41, 5.74) is 2.20. The van der Waals surface area contributed by atoms with Crippen molar-refractivity contribution in [2.75, 3.05) is 6.61 Å². The molecule has 1 heterocycles. The third kappa shape index (κ3) is 2.59. The van der Waals surface area contributed by atoms with E-state index in [1.54, 1.807) is 19.1 Å². The maximum absolute atomic E-state index is 11.7. The van der Waals surface area contributed by atoms with Gasteiger partial charge in [-0.15, -0.1) is 0 Å². The van der Waals surface area contributed by atoms with E-state index in [0.717, 1.165) is 16.3 Å². The standard InChI is InChI=1S/C16H12Cl2O3/c1-2-20-15(19)6-9-4-3-5-13-16(9)10-7-11(17)12(18)8-14(10)21-13/h3-5,7-8H,2,6H2,1H3. The smallest absolute Gasteiger partial charge is 0.310 e. The van der Waals surface area contributed by atoms with Crippen LogP contribution in [-0.4, -0.2) is 12.6 Å². The van der Waals surface area contributed by atoms with Crippen LogP contribution in [0.3, 0.4) is 0 Å². The van der Waals surface area contributed by atoms with Crippen LogP contribution in [0.4, 0.5) is 0 Å². The summed E-state index contributed by atoms with van der Waals surface area (Å²) in [6.07, 6.45) is 0.195. The van der Waals surface area contributed by atoms with Crippen LogP contribution in [0.5, 0.6) is 0 Å². The number of hydrogen-bond donors (Lipinski definition) is 0. The Morgan fingerprint density at radius 2 is 1.95 bits per heavy atom. The van der Waals surface area contributed by atoms with Crippen LogP contribution in [0.1, 0.15) is 12.5 Å². The highest BCUT2D eigenvalue weighted by molar-refractivity contribution is 6.43. The molecule has 0 aliphatic heterocycles. The zero-order valence-electron chi connectivity index (χ0n) is 11.3. The summed E-state index contributed by atoms with van der Waals surface area (Å²) in [6.45, 7) is 2.15. The van der Waals surface area contributed by atoms with Crippen LogP contribution in [0.25, 0.3) is 21.9 Å². The second kappa shape index (κ2) is 5.58. The molecule has 0 atom stereocenters. The molecule has 0 fully saturated rings. The molecule has 2 aromatic carbocycles. The Kier molecular flexibility index (Phi) is 3.79. The summed E-state index contributed by atoms with van der Waals surface area (Å²) in [4.78, 5) is 11.7. The van der Waals surface area contributed by atoms with Crippen molar-refractivity contribution in [2.45, 2.75) is 13.3 Å². The maximum atomic E-state index is 11.7. The van der Waals surface area contributed by atoms with E-state index in [-0.39, 0.29) is 12.4 Å². The Bertz CT molecular complexity index is 836. The van der Waals surface area contributed by atoms with Crippen LogP contribution in [0, 0.1) is 0 Å². The van der Waals surface area contributed by atoms with Gasteiger partial charge in [0.15, 0.2) is 0 Å². The van der Waals surface area contributed by atoms with Crippen LogP contribution in [-0.2, 0) is 16.0 Å². The average molecular weight is 323 g/mol. The van der Waals surface area contributed by atoms with Gasteiger partial charge in [0.2, 0.25) is 0 Å². The normalized spacial score (nSPS) is 11.2. The van der Waals surface area contributed by atoms with Gasteiger partial charge in [0.05, 0.1) is 23.1 Å². The second-order valence-electron chi connectivity index (χ2n) is 4.64. The molecule has 0 unspecified atom stereocenters. The number of halogens is 2. The van der Waals surface area contributed by atoms with Crippen molar-refractivity contribution in [3.05, 3.63) is 45.9 Å². The number of esters is 1. The van der Waals surface area contributed by atoms with Crippen LogP contribution >= 0.6 is 23.2 Å². The molecule has 3 nitrogen and oxygen atoms in total. The molecule has 0 aliphatic carbocycles. The number of hydrogen-bond acceptors (Lipinski definition) is 3. The number of rotatable bonds is 3. The van der Waals surface area contributed by atoms with Crippen molar-refractivity contribution in [1.82, 2.24) is 0 Å². The van der Waals surface area contributed by atoms with Gasteiger partial charge in [-0.3, -0.25) is 4.79 Å². The number of carbonyl (C=O) groups is 1. The Labute approximate surface area is 131 Å². The molecule has 0 aliphatic rings. The molecule has 0 N–H and O–H groups in total. The first kappa shape index (κ1) is 14.2. The SMILES string of the molecule is CCOC(=O)Cc1cccc2oc3cc(Cl)c(Cl)cc3c12. The van der Waals surface area contributed by atoms with E-state index in [1.165, 1.54) is 0 Å². The molecule has 21 heavy (non-hydrogen) atoms. The van der Waals surface area contributed by atoms with E-state index in [1.807, 2.05) is 18.2 Å². The van der Waals surface area contributed by atoms with Crippen LogP contribution in [0.15, 0.2) is 34.7 Å². The minimum absolute atomic E-state index is 0.195. The lowest BCUT2D eigenvalue weighted by atomic mass is 10.0. The maximum Gasteiger partial charge on any atom is 0.310 e. The van der Waals surface area contributed by atoms with E-state index >= 15 is 0 Å². The molecule has 0 amide bonds. The summed E-state index contributed by atoms with van der Waals surface area (Å²) in [5.74, 6) is -0.264. The molecule has 0 radical (unpaired) electrons. The summed E-state index contributed by atoms with van der Waals surface area (Å²) in [6, 6.07) is 9.04. The third-order valence-corrected chi connectivity index (χ3v) is 3.99. The van der Waals surface area contributed by atoms with Gasteiger partial charge in [-0.1, -0.05) is 35.3 Å². The second-order valence-corrected chi connectivity index (χ2v) is 5.45. The Balaban J connectivity index is 2.21. The van der Waals surface area contributed by atoms with E-state index in [2.05, 4.69) is 0 Å². The summed E-state index contributed by atoms with van der Waals surface area (Å²) >= 11 is 12.1. The summed E-state index contributed by atoms with van der Waals surface area (Å²) in [5, 5.41) is 2.62. The largest absolute Gasteiger partial charge is 0.466 e. The van der Waals surface area contributed by atoms with Gasteiger partial charge in [-0.2, -0.15) is 0 Å². The van der Waals surface area contributed by atoms with Gasteiger partial charge >= 0.3 is 5.97 Å². The molecular weight excluding hydrogens is 311 g/mol. The lowest BCUT2D eigenvalue weighted by molar-refractivity contribution is -0.142. The predicted octanol–water partition coefficient (Wildman–Crippen LogP) is 5.00. The molecule has 108 valence electrons. The quantitative estimate of drug-likeness (QED) is 0.637. The molecular formula is C16H12Cl2O3. The van der Waals surface area contributed by atoms with Crippen molar-refractivity contribution >= 4 is 51.1 Å². The number of benzene rings is 2. The van der Waals surface area contributed by atoms with E-state index in [9.17, 15) is 4.79 Å². The molecule has 1 aromatic heterocycles. The zero-order valence-corrected chi connectivity index (χ0v) is 12.8. The Morgan fingerprint density at radius 1 is 1.19 bits per heavy atom. The van der Waals surface area contributed by atoms with Crippen molar-refractivity contribution in [3.63, 3.8) is 0 Å². The van der Waals surface area contributed by atoms with Gasteiger partial charge in [0.1, 0.15) is 11.2 Å². The lowest BCUT2D eigenvalue weighted by Crippen LogP contribution is -2.07. The molecule has 0 saturated heterocycles. The molecule has 0 spiro atoms. The third-order valence-electron chi connectivity index (χ3n) is 3.26. The lowest BCUT2D eigenvalue weighted by Gasteiger charge is -2.03. The average Bonchev–Trinajstić information content (AvgIpc) is 2.78. The zero-order chi connectivity index (χ0) is 15.0. The highest BCUT2D eigenvalue weighted by atomic mass is 35.5. The molecule has 3 aromatic rings. The highest BCUT2D eigenvalue weighted by Gasteiger charge is 2.15. The van der Waals surface area contributed by atoms with Crippen LogP contribution in [0.2, 0.25) is 10.0 Å². The number of ether oxygens (including phenoxy) is 1.